The minimum atomic E-state index is -4.02. The number of anilines is 2. The second-order valence-corrected chi connectivity index (χ2v) is 11.0. The number of aryl methyl sites for hydroxylation is 1. The molecule has 0 unspecified atom stereocenters. The van der Waals surface area contributed by atoms with Gasteiger partial charge in [0.2, 0.25) is 0 Å². The maximum Gasteiger partial charge on any atom is 0.268 e. The molecular formula is C28H27N3O2S. The van der Waals surface area contributed by atoms with Crippen molar-refractivity contribution >= 4 is 21.4 Å². The van der Waals surface area contributed by atoms with Gasteiger partial charge in [-0.2, -0.15) is 5.26 Å². The van der Waals surface area contributed by atoms with Crippen LogP contribution in [0.25, 0.3) is 11.3 Å². The van der Waals surface area contributed by atoms with Crippen molar-refractivity contribution in [2.24, 2.45) is 0 Å². The van der Waals surface area contributed by atoms with Crippen LogP contribution in [0.3, 0.4) is 0 Å². The maximum atomic E-state index is 14.0. The van der Waals surface area contributed by atoms with E-state index in [9.17, 15) is 13.7 Å². The molecule has 0 bridgehead atoms. The first kappa shape index (κ1) is 23.3. The second-order valence-electron chi connectivity index (χ2n) is 9.17. The van der Waals surface area contributed by atoms with Gasteiger partial charge in [0.25, 0.3) is 10.0 Å². The zero-order chi connectivity index (χ0) is 24.5. The molecule has 0 saturated carbocycles. The Labute approximate surface area is 201 Å². The first-order valence-corrected chi connectivity index (χ1v) is 12.5. The van der Waals surface area contributed by atoms with Gasteiger partial charge in [-0.3, -0.25) is 0 Å². The van der Waals surface area contributed by atoms with Gasteiger partial charge in [-0.1, -0.05) is 66.2 Å². The lowest BCUT2D eigenvalue weighted by molar-refractivity contribution is 0.399. The fourth-order valence-corrected chi connectivity index (χ4v) is 5.55. The summed E-state index contributed by atoms with van der Waals surface area (Å²) in [5.74, 6) is 0. The van der Waals surface area contributed by atoms with Gasteiger partial charge in [0.05, 0.1) is 22.0 Å². The van der Waals surface area contributed by atoms with Crippen molar-refractivity contribution in [3.8, 4) is 17.3 Å². The van der Waals surface area contributed by atoms with Crippen LogP contribution < -0.4 is 4.31 Å². The molecule has 0 fully saturated rings. The van der Waals surface area contributed by atoms with Gasteiger partial charge in [0.15, 0.2) is 0 Å². The Bertz CT molecular complexity index is 1440. The summed E-state index contributed by atoms with van der Waals surface area (Å²) in [4.78, 5) is 0.163. The molecule has 4 aromatic rings. The van der Waals surface area contributed by atoms with Gasteiger partial charge in [-0.05, 0) is 63.6 Å². The molecule has 172 valence electrons. The minimum absolute atomic E-state index is 0.163. The van der Waals surface area contributed by atoms with Gasteiger partial charge >= 0.3 is 0 Å². The number of para-hydroxylation sites is 1. The number of benzene rings is 3. The van der Waals surface area contributed by atoms with E-state index in [0.717, 1.165) is 16.8 Å². The predicted octanol–water partition coefficient (Wildman–Crippen LogP) is 6.62. The average Bonchev–Trinajstić information content (AvgIpc) is 3.20. The standard InChI is InChI=1S/C28H27N3O2S/c1-21-15-17-24(18-16-21)34(32,33)31(23-13-9-6-10-14-23)26-19-25(22-11-7-5-8-12-22)30(27(26)20-29)28(2,3)4/h5-19H,1-4H3. The summed E-state index contributed by atoms with van der Waals surface area (Å²) in [5, 5.41) is 10.3. The van der Waals surface area contributed by atoms with Crippen molar-refractivity contribution in [3.63, 3.8) is 0 Å². The van der Waals surface area contributed by atoms with E-state index in [0.29, 0.717) is 11.4 Å². The average molecular weight is 470 g/mol. The van der Waals surface area contributed by atoms with Crippen molar-refractivity contribution in [3.05, 3.63) is 102 Å². The lowest BCUT2D eigenvalue weighted by Crippen LogP contribution is -2.28. The lowest BCUT2D eigenvalue weighted by atomic mass is 10.1. The van der Waals surface area contributed by atoms with Gasteiger partial charge < -0.3 is 4.57 Å². The fraction of sp³-hybridized carbons (Fsp3) is 0.179. The molecule has 0 aliphatic carbocycles. The van der Waals surface area contributed by atoms with E-state index >= 15 is 0 Å². The Kier molecular flexibility index (Phi) is 6.07. The second kappa shape index (κ2) is 8.85. The monoisotopic (exact) mass is 469 g/mol. The Morgan fingerprint density at radius 2 is 1.41 bits per heavy atom. The highest BCUT2D eigenvalue weighted by Crippen LogP contribution is 2.41. The van der Waals surface area contributed by atoms with E-state index in [-0.39, 0.29) is 10.6 Å². The molecule has 1 heterocycles. The smallest absolute Gasteiger partial charge is 0.268 e. The fourth-order valence-electron chi connectivity index (χ4n) is 4.06. The van der Waals surface area contributed by atoms with E-state index in [4.69, 9.17) is 0 Å². The van der Waals surface area contributed by atoms with E-state index in [1.54, 1.807) is 54.6 Å². The molecule has 0 atom stereocenters. The predicted molar refractivity (Wildman–Crippen MR) is 137 cm³/mol. The molecule has 34 heavy (non-hydrogen) atoms. The van der Waals surface area contributed by atoms with Crippen molar-refractivity contribution in [2.45, 2.75) is 38.1 Å². The van der Waals surface area contributed by atoms with E-state index in [2.05, 4.69) is 6.07 Å². The molecule has 0 saturated heterocycles. The Morgan fingerprint density at radius 3 is 1.94 bits per heavy atom. The molecular weight excluding hydrogens is 442 g/mol. The summed E-state index contributed by atoms with van der Waals surface area (Å²) < 4.78 is 31.3. The van der Waals surface area contributed by atoms with Gasteiger partial charge in [-0.25, -0.2) is 12.7 Å². The van der Waals surface area contributed by atoms with E-state index in [1.165, 1.54) is 4.31 Å². The van der Waals surface area contributed by atoms with Crippen LogP contribution in [0.15, 0.2) is 95.9 Å². The summed E-state index contributed by atoms with van der Waals surface area (Å²) in [6.45, 7) is 7.93. The van der Waals surface area contributed by atoms with Crippen molar-refractivity contribution in [1.82, 2.24) is 4.57 Å². The number of hydrogen-bond donors (Lipinski definition) is 0. The van der Waals surface area contributed by atoms with Crippen molar-refractivity contribution < 1.29 is 8.42 Å². The van der Waals surface area contributed by atoms with Crippen LogP contribution in [0, 0.1) is 18.3 Å². The molecule has 3 aromatic carbocycles. The summed E-state index contributed by atoms with van der Waals surface area (Å²) in [7, 11) is -4.02. The number of nitriles is 1. The van der Waals surface area contributed by atoms with Crippen molar-refractivity contribution in [2.75, 3.05) is 4.31 Å². The number of hydrogen-bond acceptors (Lipinski definition) is 3. The minimum Gasteiger partial charge on any atom is -0.325 e. The van der Waals surface area contributed by atoms with Gasteiger partial charge in [0, 0.05) is 5.54 Å². The Balaban J connectivity index is 2.06. The molecule has 6 heteroatoms. The van der Waals surface area contributed by atoms with E-state index in [1.807, 2.05) is 68.7 Å². The van der Waals surface area contributed by atoms with Crippen LogP contribution in [0.5, 0.6) is 0 Å². The van der Waals surface area contributed by atoms with Crippen LogP contribution >= 0.6 is 0 Å². The molecule has 1 aromatic heterocycles. The zero-order valence-electron chi connectivity index (χ0n) is 19.7. The molecule has 0 aliphatic heterocycles. The van der Waals surface area contributed by atoms with Crippen molar-refractivity contribution in [1.29, 1.82) is 5.26 Å². The highest BCUT2D eigenvalue weighted by Gasteiger charge is 2.34. The number of nitrogens with zero attached hydrogens (tertiary/aromatic N) is 3. The number of sulfonamides is 1. The normalized spacial score (nSPS) is 11.7. The number of aromatic nitrogens is 1. The SMILES string of the molecule is Cc1ccc(S(=O)(=O)N(c2ccccc2)c2cc(-c3ccccc3)n(C(C)(C)C)c2C#N)cc1. The third-order valence-corrected chi connectivity index (χ3v) is 7.35. The zero-order valence-corrected chi connectivity index (χ0v) is 20.5. The van der Waals surface area contributed by atoms with Crippen LogP contribution in [0.1, 0.15) is 32.0 Å². The van der Waals surface area contributed by atoms with Crippen LogP contribution in [0.4, 0.5) is 11.4 Å². The molecule has 0 amide bonds. The summed E-state index contributed by atoms with van der Waals surface area (Å²) >= 11 is 0. The first-order chi connectivity index (χ1) is 16.1. The number of rotatable bonds is 5. The molecule has 5 nitrogen and oxygen atoms in total. The van der Waals surface area contributed by atoms with Crippen LogP contribution in [-0.2, 0) is 15.6 Å². The molecule has 0 aliphatic rings. The largest absolute Gasteiger partial charge is 0.325 e. The first-order valence-electron chi connectivity index (χ1n) is 11.0. The third kappa shape index (κ3) is 4.23. The molecule has 4 rings (SSSR count). The molecule has 0 spiro atoms. The highest BCUT2D eigenvalue weighted by molar-refractivity contribution is 7.93. The quantitative estimate of drug-likeness (QED) is 0.330. The van der Waals surface area contributed by atoms with E-state index < -0.39 is 15.6 Å². The Morgan fingerprint density at radius 1 is 0.853 bits per heavy atom. The van der Waals surface area contributed by atoms with Crippen LogP contribution in [-0.4, -0.2) is 13.0 Å². The maximum absolute atomic E-state index is 14.0. The summed E-state index contributed by atoms with van der Waals surface area (Å²) in [6, 6.07) is 29.5. The third-order valence-electron chi connectivity index (χ3n) is 5.60. The molecule has 0 N–H and O–H groups in total. The van der Waals surface area contributed by atoms with Crippen LogP contribution in [0.2, 0.25) is 0 Å². The lowest BCUT2D eigenvalue weighted by Gasteiger charge is -2.27. The summed E-state index contributed by atoms with van der Waals surface area (Å²) in [6.07, 6.45) is 0. The Hall–Kier alpha value is -3.82. The van der Waals surface area contributed by atoms with Gasteiger partial charge in [0.1, 0.15) is 11.8 Å². The molecule has 0 radical (unpaired) electrons. The summed E-state index contributed by atoms with van der Waals surface area (Å²) in [5.41, 5.74) is 3.25. The topological polar surface area (TPSA) is 66.1 Å². The highest BCUT2D eigenvalue weighted by atomic mass is 32.2. The van der Waals surface area contributed by atoms with Gasteiger partial charge in [-0.15, -0.1) is 0 Å².